The van der Waals surface area contributed by atoms with Gasteiger partial charge >= 0.3 is 0 Å². The Morgan fingerprint density at radius 1 is 1.32 bits per heavy atom. The fraction of sp³-hybridized carbons (Fsp3) is 0.400. The Hall–Kier alpha value is -1.81. The first-order valence-electron chi connectivity index (χ1n) is 6.58. The van der Waals surface area contributed by atoms with E-state index in [1.165, 1.54) is 0 Å². The maximum atomic E-state index is 10.4. The number of aliphatic hydroxyl groups is 1. The van der Waals surface area contributed by atoms with Crippen LogP contribution < -0.4 is 4.74 Å². The third kappa shape index (κ3) is 3.15. The summed E-state index contributed by atoms with van der Waals surface area (Å²) in [6, 6.07) is 9.94. The Morgan fingerprint density at radius 3 is 2.68 bits per heavy atom. The minimum absolute atomic E-state index is 0.562. The van der Waals surface area contributed by atoms with Crippen molar-refractivity contribution in [1.29, 1.82) is 0 Å². The van der Waals surface area contributed by atoms with Crippen LogP contribution in [0.3, 0.4) is 0 Å². The minimum atomic E-state index is -0.605. The molecule has 0 saturated heterocycles. The Labute approximate surface area is 113 Å². The third-order valence-corrected chi connectivity index (χ3v) is 3.09. The number of aliphatic hydroxyl groups excluding tert-OH is 1. The van der Waals surface area contributed by atoms with E-state index >= 15 is 0 Å². The number of benzene rings is 1. The van der Waals surface area contributed by atoms with Crippen molar-refractivity contribution in [2.75, 3.05) is 7.11 Å². The molecule has 0 saturated carbocycles. The van der Waals surface area contributed by atoms with Crippen LogP contribution in [0.2, 0.25) is 0 Å². The molecular weight excluding hydrogens is 240 g/mol. The molecule has 2 rings (SSSR count). The number of nitrogens with zero attached hydrogens (tertiary/aromatic N) is 2. The van der Waals surface area contributed by atoms with E-state index in [1.54, 1.807) is 13.3 Å². The molecule has 0 aliphatic heterocycles. The van der Waals surface area contributed by atoms with Crippen LogP contribution in [0.5, 0.6) is 5.75 Å². The van der Waals surface area contributed by atoms with Crippen molar-refractivity contribution in [3.63, 3.8) is 0 Å². The molecule has 1 unspecified atom stereocenters. The molecule has 4 heteroatoms. The third-order valence-electron chi connectivity index (χ3n) is 3.09. The Morgan fingerprint density at radius 2 is 2.05 bits per heavy atom. The van der Waals surface area contributed by atoms with Gasteiger partial charge in [0.05, 0.1) is 13.3 Å². The van der Waals surface area contributed by atoms with Crippen molar-refractivity contribution in [3.05, 3.63) is 47.8 Å². The molecule has 0 aliphatic carbocycles. The smallest absolute Gasteiger partial charge is 0.162 e. The quantitative estimate of drug-likeness (QED) is 0.868. The summed E-state index contributed by atoms with van der Waals surface area (Å²) in [5.74, 6) is 0.650. The van der Waals surface area contributed by atoms with Crippen molar-refractivity contribution in [2.24, 2.45) is 0 Å². The van der Waals surface area contributed by atoms with E-state index in [2.05, 4.69) is 12.0 Å². The van der Waals surface area contributed by atoms with Crippen LogP contribution in [0.15, 0.2) is 36.5 Å². The van der Waals surface area contributed by atoms with E-state index in [-0.39, 0.29) is 0 Å². The average molecular weight is 260 g/mol. The van der Waals surface area contributed by atoms with Gasteiger partial charge in [0.1, 0.15) is 11.8 Å². The number of hydrogen-bond donors (Lipinski definition) is 1. The fourth-order valence-corrected chi connectivity index (χ4v) is 2.20. The SMILES string of the molecule is CCCn1ncc(OC)c1C(O)Cc1ccccc1. The summed E-state index contributed by atoms with van der Waals surface area (Å²) in [5.41, 5.74) is 1.86. The lowest BCUT2D eigenvalue weighted by Crippen LogP contribution is -2.12. The van der Waals surface area contributed by atoms with Gasteiger partial charge in [-0.25, -0.2) is 0 Å². The Kier molecular flexibility index (Phi) is 4.58. The molecule has 0 aliphatic rings. The van der Waals surface area contributed by atoms with Crippen LogP contribution >= 0.6 is 0 Å². The molecule has 1 atom stereocenters. The van der Waals surface area contributed by atoms with Crippen molar-refractivity contribution in [2.45, 2.75) is 32.4 Å². The van der Waals surface area contributed by atoms with Gasteiger partial charge in [-0.05, 0) is 12.0 Å². The second-order valence-corrected chi connectivity index (χ2v) is 4.53. The maximum Gasteiger partial charge on any atom is 0.162 e. The molecule has 2 aromatic rings. The number of rotatable bonds is 6. The zero-order valence-electron chi connectivity index (χ0n) is 11.4. The molecule has 0 fully saturated rings. The summed E-state index contributed by atoms with van der Waals surface area (Å²) < 4.78 is 7.11. The normalized spacial score (nSPS) is 12.4. The molecule has 1 heterocycles. The van der Waals surface area contributed by atoms with Gasteiger partial charge in [0.15, 0.2) is 5.75 Å². The van der Waals surface area contributed by atoms with E-state index in [1.807, 2.05) is 35.0 Å². The summed E-state index contributed by atoms with van der Waals surface area (Å²) in [6.45, 7) is 2.87. The molecular formula is C15H20N2O2. The van der Waals surface area contributed by atoms with Crippen LogP contribution in [0.4, 0.5) is 0 Å². The highest BCUT2D eigenvalue weighted by Crippen LogP contribution is 2.27. The molecule has 0 bridgehead atoms. The first-order valence-corrected chi connectivity index (χ1v) is 6.58. The monoisotopic (exact) mass is 260 g/mol. The zero-order chi connectivity index (χ0) is 13.7. The summed E-state index contributed by atoms with van der Waals surface area (Å²) in [6.07, 6.45) is 2.59. The van der Waals surface area contributed by atoms with Crippen LogP contribution in [-0.4, -0.2) is 22.0 Å². The molecule has 1 aromatic carbocycles. The molecule has 4 nitrogen and oxygen atoms in total. The molecule has 0 amide bonds. The van der Waals surface area contributed by atoms with E-state index in [9.17, 15) is 5.11 Å². The predicted octanol–water partition coefficient (Wildman–Crippen LogP) is 2.58. The van der Waals surface area contributed by atoms with Gasteiger partial charge in [0.2, 0.25) is 0 Å². The molecule has 0 spiro atoms. The number of methoxy groups -OCH3 is 1. The summed E-state index contributed by atoms with van der Waals surface area (Å²) in [5, 5.41) is 14.7. The van der Waals surface area contributed by atoms with Crippen LogP contribution in [0.1, 0.15) is 30.7 Å². The molecule has 1 N–H and O–H groups in total. The molecule has 0 radical (unpaired) electrons. The van der Waals surface area contributed by atoms with Crippen molar-refractivity contribution in [3.8, 4) is 5.75 Å². The van der Waals surface area contributed by atoms with Crippen LogP contribution in [0, 0.1) is 0 Å². The van der Waals surface area contributed by atoms with Gasteiger partial charge in [-0.2, -0.15) is 5.10 Å². The first kappa shape index (κ1) is 13.6. The minimum Gasteiger partial charge on any atom is -0.493 e. The van der Waals surface area contributed by atoms with Gasteiger partial charge in [-0.15, -0.1) is 0 Å². The number of hydrogen-bond acceptors (Lipinski definition) is 3. The molecule has 1 aromatic heterocycles. The summed E-state index contributed by atoms with van der Waals surface area (Å²) in [7, 11) is 1.60. The largest absolute Gasteiger partial charge is 0.493 e. The Bertz CT molecular complexity index is 508. The van der Waals surface area contributed by atoms with Crippen molar-refractivity contribution in [1.82, 2.24) is 9.78 Å². The highest BCUT2D eigenvalue weighted by Gasteiger charge is 2.19. The van der Waals surface area contributed by atoms with Gasteiger partial charge in [0, 0.05) is 13.0 Å². The standard InChI is InChI=1S/C15H20N2O2/c1-3-9-17-15(14(19-2)11-16-17)13(18)10-12-7-5-4-6-8-12/h4-8,11,13,18H,3,9-10H2,1-2H3. The lowest BCUT2D eigenvalue weighted by molar-refractivity contribution is 0.162. The lowest BCUT2D eigenvalue weighted by atomic mass is 10.1. The van der Waals surface area contributed by atoms with Crippen molar-refractivity contribution < 1.29 is 9.84 Å². The second-order valence-electron chi connectivity index (χ2n) is 4.53. The zero-order valence-corrected chi connectivity index (χ0v) is 11.4. The summed E-state index contributed by atoms with van der Waals surface area (Å²) >= 11 is 0. The number of aromatic nitrogens is 2. The summed E-state index contributed by atoms with van der Waals surface area (Å²) in [4.78, 5) is 0. The van der Waals surface area contributed by atoms with Gasteiger partial charge in [-0.3, -0.25) is 4.68 Å². The van der Waals surface area contributed by atoms with Crippen molar-refractivity contribution >= 4 is 0 Å². The maximum absolute atomic E-state index is 10.4. The fourth-order valence-electron chi connectivity index (χ4n) is 2.20. The first-order chi connectivity index (χ1) is 9.26. The van der Waals surface area contributed by atoms with E-state index in [0.717, 1.165) is 24.2 Å². The van der Waals surface area contributed by atoms with Crippen LogP contribution in [0.25, 0.3) is 0 Å². The Balaban J connectivity index is 2.22. The highest BCUT2D eigenvalue weighted by molar-refractivity contribution is 5.29. The van der Waals surface area contributed by atoms with E-state index < -0.39 is 6.10 Å². The van der Waals surface area contributed by atoms with Gasteiger partial charge in [0.25, 0.3) is 0 Å². The average Bonchev–Trinajstić information content (AvgIpc) is 2.83. The van der Waals surface area contributed by atoms with Crippen LogP contribution in [-0.2, 0) is 13.0 Å². The highest BCUT2D eigenvalue weighted by atomic mass is 16.5. The number of ether oxygens (including phenoxy) is 1. The predicted molar refractivity (Wildman–Crippen MR) is 74.2 cm³/mol. The van der Waals surface area contributed by atoms with Gasteiger partial charge < -0.3 is 9.84 Å². The lowest BCUT2D eigenvalue weighted by Gasteiger charge is -2.14. The number of aryl methyl sites for hydroxylation is 1. The van der Waals surface area contributed by atoms with Gasteiger partial charge in [-0.1, -0.05) is 37.3 Å². The topological polar surface area (TPSA) is 47.3 Å². The second kappa shape index (κ2) is 6.38. The molecule has 102 valence electrons. The molecule has 19 heavy (non-hydrogen) atoms. The van der Waals surface area contributed by atoms with E-state index in [0.29, 0.717) is 12.2 Å². The van der Waals surface area contributed by atoms with E-state index in [4.69, 9.17) is 4.74 Å².